The number of pyridine rings is 1. The van der Waals surface area contributed by atoms with E-state index in [-0.39, 0.29) is 24.2 Å². The van der Waals surface area contributed by atoms with Crippen LogP contribution in [-0.2, 0) is 6.54 Å². The molecule has 0 radical (unpaired) electrons. The van der Waals surface area contributed by atoms with Crippen molar-refractivity contribution < 1.29 is 4.79 Å². The van der Waals surface area contributed by atoms with Crippen LogP contribution in [0.4, 0.5) is 10.5 Å². The first-order valence-corrected chi connectivity index (χ1v) is 11.9. The van der Waals surface area contributed by atoms with E-state index in [1.54, 1.807) is 23.1 Å². The lowest BCUT2D eigenvalue weighted by molar-refractivity contribution is 0.174. The second-order valence-corrected chi connectivity index (χ2v) is 9.29. The number of anilines is 1. The fraction of sp³-hybridized carbons (Fsp3) is 0.385. The summed E-state index contributed by atoms with van der Waals surface area (Å²) in [5.74, 6) is 0. The second-order valence-electron chi connectivity index (χ2n) is 8.86. The van der Waals surface area contributed by atoms with Crippen LogP contribution in [0, 0.1) is 13.8 Å². The standard InChI is InChI=1S/C26H31ClN4O2/c1-4-30-12-6-9-22(30)16-31(26(33)28-21-8-5-7-20(27)14-21)15-19-13-23-17(2)10-11-18(3)24(23)29-25(19)32/h5,7-8,10-11,13-14,22H,4,6,9,12,15-16H2,1-3H3,(H,28,33)(H,29,32). The van der Waals surface area contributed by atoms with Gasteiger partial charge in [-0.2, -0.15) is 0 Å². The van der Waals surface area contributed by atoms with Gasteiger partial charge in [-0.3, -0.25) is 9.69 Å². The number of aryl methyl sites for hydroxylation is 2. The molecule has 1 atom stereocenters. The highest BCUT2D eigenvalue weighted by atomic mass is 35.5. The van der Waals surface area contributed by atoms with Gasteiger partial charge in [0, 0.05) is 34.2 Å². The van der Waals surface area contributed by atoms with Gasteiger partial charge in [0.1, 0.15) is 0 Å². The zero-order valence-corrected chi connectivity index (χ0v) is 20.2. The predicted molar refractivity (Wildman–Crippen MR) is 135 cm³/mol. The Morgan fingerprint density at radius 1 is 1.21 bits per heavy atom. The van der Waals surface area contributed by atoms with Gasteiger partial charge in [-0.05, 0) is 75.2 Å². The number of benzene rings is 2. The Morgan fingerprint density at radius 3 is 2.76 bits per heavy atom. The Morgan fingerprint density at radius 2 is 2.00 bits per heavy atom. The molecular formula is C26H31ClN4O2. The van der Waals surface area contributed by atoms with E-state index in [2.05, 4.69) is 28.2 Å². The number of hydrogen-bond donors (Lipinski definition) is 2. The number of halogens is 1. The summed E-state index contributed by atoms with van der Waals surface area (Å²) in [4.78, 5) is 33.5. The summed E-state index contributed by atoms with van der Waals surface area (Å²) in [6.07, 6.45) is 2.17. The molecule has 2 N–H and O–H groups in total. The van der Waals surface area contributed by atoms with Gasteiger partial charge in [0.15, 0.2) is 0 Å². The molecule has 1 unspecified atom stereocenters. The molecule has 1 aromatic heterocycles. The highest BCUT2D eigenvalue weighted by molar-refractivity contribution is 6.30. The Labute approximate surface area is 199 Å². The van der Waals surface area contributed by atoms with Crippen molar-refractivity contribution in [3.05, 3.63) is 74.5 Å². The van der Waals surface area contributed by atoms with Gasteiger partial charge in [-0.25, -0.2) is 4.79 Å². The number of amides is 2. The number of carbonyl (C=O) groups excluding carboxylic acids is 1. The normalized spacial score (nSPS) is 16.3. The number of aromatic amines is 1. The summed E-state index contributed by atoms with van der Waals surface area (Å²) in [6.45, 7) is 8.95. The molecule has 1 saturated heterocycles. The molecule has 1 aliphatic rings. The van der Waals surface area contributed by atoms with E-state index in [1.807, 2.05) is 32.0 Å². The minimum Gasteiger partial charge on any atom is -0.321 e. The molecule has 2 heterocycles. The lowest BCUT2D eigenvalue weighted by atomic mass is 10.0. The smallest absolute Gasteiger partial charge is 0.321 e. The number of hydrogen-bond acceptors (Lipinski definition) is 3. The number of rotatable bonds is 6. The molecule has 33 heavy (non-hydrogen) atoms. The number of carbonyl (C=O) groups is 1. The van der Waals surface area contributed by atoms with Crippen LogP contribution in [0.25, 0.3) is 10.9 Å². The largest absolute Gasteiger partial charge is 0.322 e. The van der Waals surface area contributed by atoms with E-state index >= 15 is 0 Å². The fourth-order valence-corrected chi connectivity index (χ4v) is 4.89. The van der Waals surface area contributed by atoms with Gasteiger partial charge in [0.2, 0.25) is 0 Å². The Balaban J connectivity index is 1.65. The number of H-pyrrole nitrogens is 1. The second kappa shape index (κ2) is 9.98. The SMILES string of the molecule is CCN1CCCC1CN(Cc1cc2c(C)ccc(C)c2[nH]c1=O)C(=O)Nc1cccc(Cl)c1. The molecule has 0 spiro atoms. The third-order valence-corrected chi connectivity index (χ3v) is 6.82. The van der Waals surface area contributed by atoms with E-state index in [0.717, 1.165) is 48.0 Å². The van der Waals surface area contributed by atoms with Gasteiger partial charge >= 0.3 is 6.03 Å². The molecule has 2 amide bonds. The first-order chi connectivity index (χ1) is 15.9. The van der Waals surface area contributed by atoms with Crippen molar-refractivity contribution in [1.82, 2.24) is 14.8 Å². The first kappa shape index (κ1) is 23.3. The molecule has 0 bridgehead atoms. The number of urea groups is 1. The molecule has 1 fully saturated rings. The zero-order chi connectivity index (χ0) is 23.5. The quantitative estimate of drug-likeness (QED) is 0.516. The van der Waals surface area contributed by atoms with E-state index < -0.39 is 0 Å². The zero-order valence-electron chi connectivity index (χ0n) is 19.5. The van der Waals surface area contributed by atoms with Crippen LogP contribution >= 0.6 is 11.6 Å². The number of likely N-dealkylation sites (tertiary alicyclic amines) is 1. The van der Waals surface area contributed by atoms with Crippen molar-refractivity contribution in [3.63, 3.8) is 0 Å². The van der Waals surface area contributed by atoms with Crippen molar-refractivity contribution in [2.24, 2.45) is 0 Å². The lowest BCUT2D eigenvalue weighted by Crippen LogP contribution is -2.45. The van der Waals surface area contributed by atoms with Crippen molar-refractivity contribution in [1.29, 1.82) is 0 Å². The molecule has 0 aliphatic carbocycles. The summed E-state index contributed by atoms with van der Waals surface area (Å²) < 4.78 is 0. The Bertz CT molecular complexity index is 1220. The molecule has 4 rings (SSSR count). The summed E-state index contributed by atoms with van der Waals surface area (Å²) in [6, 6.07) is 13.2. The number of nitrogens with one attached hydrogen (secondary N) is 2. The number of likely N-dealkylation sites (N-methyl/N-ethyl adjacent to an activating group) is 1. The predicted octanol–water partition coefficient (Wildman–Crippen LogP) is 5.32. The third kappa shape index (κ3) is 5.23. The Hall–Kier alpha value is -2.83. The topological polar surface area (TPSA) is 68.4 Å². The summed E-state index contributed by atoms with van der Waals surface area (Å²) in [7, 11) is 0. The molecule has 2 aromatic carbocycles. The van der Waals surface area contributed by atoms with Crippen LogP contribution in [-0.4, -0.2) is 46.5 Å². The number of nitrogens with zero attached hydrogens (tertiary/aromatic N) is 2. The van der Waals surface area contributed by atoms with Gasteiger partial charge < -0.3 is 15.2 Å². The van der Waals surface area contributed by atoms with E-state index in [4.69, 9.17) is 11.6 Å². The van der Waals surface area contributed by atoms with Gasteiger partial charge in [0.05, 0.1) is 12.1 Å². The highest BCUT2D eigenvalue weighted by Crippen LogP contribution is 2.23. The minimum atomic E-state index is -0.235. The van der Waals surface area contributed by atoms with E-state index in [0.29, 0.717) is 22.8 Å². The van der Waals surface area contributed by atoms with Crippen molar-refractivity contribution in [2.45, 2.75) is 46.2 Å². The van der Waals surface area contributed by atoms with E-state index in [1.165, 1.54) is 0 Å². The number of fused-ring (bicyclic) bond motifs is 1. The Kier molecular flexibility index (Phi) is 7.05. The average molecular weight is 467 g/mol. The maximum Gasteiger partial charge on any atom is 0.322 e. The highest BCUT2D eigenvalue weighted by Gasteiger charge is 2.28. The maximum absolute atomic E-state index is 13.3. The van der Waals surface area contributed by atoms with Crippen LogP contribution in [0.2, 0.25) is 5.02 Å². The monoisotopic (exact) mass is 466 g/mol. The van der Waals surface area contributed by atoms with Crippen LogP contribution in [0.3, 0.4) is 0 Å². The van der Waals surface area contributed by atoms with Crippen LogP contribution < -0.4 is 10.9 Å². The molecule has 0 saturated carbocycles. The van der Waals surface area contributed by atoms with Crippen molar-refractivity contribution in [2.75, 3.05) is 25.0 Å². The van der Waals surface area contributed by atoms with Gasteiger partial charge in [-0.15, -0.1) is 0 Å². The van der Waals surface area contributed by atoms with Crippen LogP contribution in [0.1, 0.15) is 36.5 Å². The maximum atomic E-state index is 13.3. The average Bonchev–Trinajstić information content (AvgIpc) is 3.24. The molecular weight excluding hydrogens is 436 g/mol. The lowest BCUT2D eigenvalue weighted by Gasteiger charge is -2.30. The number of aromatic nitrogens is 1. The third-order valence-electron chi connectivity index (χ3n) is 6.58. The van der Waals surface area contributed by atoms with Gasteiger partial charge in [0.25, 0.3) is 5.56 Å². The van der Waals surface area contributed by atoms with Crippen LogP contribution in [0.5, 0.6) is 0 Å². The van der Waals surface area contributed by atoms with Crippen molar-refractivity contribution >= 4 is 34.2 Å². The summed E-state index contributed by atoms with van der Waals surface area (Å²) in [5.41, 5.74) is 4.03. The summed E-state index contributed by atoms with van der Waals surface area (Å²) in [5, 5.41) is 4.53. The molecule has 3 aromatic rings. The van der Waals surface area contributed by atoms with Crippen LogP contribution in [0.15, 0.2) is 47.3 Å². The molecule has 1 aliphatic heterocycles. The van der Waals surface area contributed by atoms with E-state index in [9.17, 15) is 9.59 Å². The summed E-state index contributed by atoms with van der Waals surface area (Å²) >= 11 is 6.10. The fourth-order valence-electron chi connectivity index (χ4n) is 4.70. The minimum absolute atomic E-state index is 0.157. The van der Waals surface area contributed by atoms with Gasteiger partial charge in [-0.1, -0.05) is 36.7 Å². The molecule has 6 nitrogen and oxygen atoms in total. The molecule has 7 heteroatoms. The molecule has 174 valence electrons. The first-order valence-electron chi connectivity index (χ1n) is 11.5. The van der Waals surface area contributed by atoms with Crippen molar-refractivity contribution in [3.8, 4) is 0 Å².